The second kappa shape index (κ2) is 6.02. The summed E-state index contributed by atoms with van der Waals surface area (Å²) in [6.45, 7) is 3.42. The summed E-state index contributed by atoms with van der Waals surface area (Å²) in [6.07, 6.45) is 0.0491. The zero-order valence-electron chi connectivity index (χ0n) is 10.4. The van der Waals surface area contributed by atoms with Gasteiger partial charge in [0.15, 0.2) is 0 Å². The van der Waals surface area contributed by atoms with Crippen LogP contribution in [0.4, 0.5) is 0 Å². The molecular weight excluding hydrogens is 272 g/mol. The molecule has 2 rings (SSSR count). The Kier molecular flexibility index (Phi) is 4.61. The third kappa shape index (κ3) is 3.03. The highest BCUT2D eigenvalue weighted by Crippen LogP contribution is 2.28. The largest absolute Gasteiger partial charge is 0.378 e. The fourth-order valence-electron chi connectivity index (χ4n) is 2.04. The van der Waals surface area contributed by atoms with E-state index in [1.165, 1.54) is 11.3 Å². The number of halogens is 1. The molecule has 2 heterocycles. The number of carbonyl (C=O) groups is 1. The first-order valence-corrected chi connectivity index (χ1v) is 7.10. The minimum atomic E-state index is -0.180. The van der Waals surface area contributed by atoms with Crippen molar-refractivity contribution in [3.05, 3.63) is 21.3 Å². The van der Waals surface area contributed by atoms with Crippen LogP contribution in [0, 0.1) is 0 Å². The predicted molar refractivity (Wildman–Crippen MR) is 73.3 cm³/mol. The maximum Gasteiger partial charge on any atom is 0.228 e. The molecule has 0 saturated carbocycles. The van der Waals surface area contributed by atoms with E-state index >= 15 is 0 Å². The van der Waals surface area contributed by atoms with Crippen LogP contribution >= 0.6 is 22.9 Å². The molecule has 1 amide bonds. The molecule has 1 aliphatic rings. The molecule has 2 N–H and O–H groups in total. The number of hydrogen-bond donors (Lipinski definition) is 2. The lowest BCUT2D eigenvalue weighted by Crippen LogP contribution is -2.44. The van der Waals surface area contributed by atoms with E-state index in [-0.39, 0.29) is 24.0 Å². The molecule has 1 fully saturated rings. The molecule has 0 unspecified atom stereocenters. The molecule has 0 aliphatic carbocycles. The number of nitrogens with one attached hydrogen (secondary N) is 2. The number of hydrogen-bond acceptors (Lipinski definition) is 4. The number of thiophene rings is 1. The highest BCUT2D eigenvalue weighted by molar-refractivity contribution is 7.16. The predicted octanol–water partition coefficient (Wildman–Crippen LogP) is 1.61. The number of carbonyl (C=O) groups excluding carboxylic acids is 1. The van der Waals surface area contributed by atoms with Crippen molar-refractivity contribution in [2.45, 2.75) is 25.0 Å². The average Bonchev–Trinajstić information content (AvgIpc) is 2.96. The normalized spacial score (nSPS) is 25.1. The molecule has 18 heavy (non-hydrogen) atoms. The Morgan fingerprint density at radius 1 is 1.61 bits per heavy atom. The van der Waals surface area contributed by atoms with Gasteiger partial charge in [0.1, 0.15) is 0 Å². The molecule has 1 saturated heterocycles. The maximum atomic E-state index is 12.1. The van der Waals surface area contributed by atoms with Crippen molar-refractivity contribution >= 4 is 28.8 Å². The Balaban J connectivity index is 1.95. The van der Waals surface area contributed by atoms with E-state index in [9.17, 15) is 4.79 Å². The van der Waals surface area contributed by atoms with Crippen LogP contribution in [-0.2, 0) is 9.53 Å². The first-order valence-electron chi connectivity index (χ1n) is 5.91. The zero-order chi connectivity index (χ0) is 13.1. The van der Waals surface area contributed by atoms with Gasteiger partial charge in [0, 0.05) is 25.1 Å². The van der Waals surface area contributed by atoms with E-state index in [1.54, 1.807) is 7.11 Å². The lowest BCUT2D eigenvalue weighted by molar-refractivity contribution is -0.123. The van der Waals surface area contributed by atoms with Crippen LogP contribution in [0.2, 0.25) is 4.34 Å². The summed E-state index contributed by atoms with van der Waals surface area (Å²) < 4.78 is 6.03. The van der Waals surface area contributed by atoms with Crippen LogP contribution in [-0.4, -0.2) is 38.3 Å². The highest BCUT2D eigenvalue weighted by atomic mass is 35.5. The zero-order valence-corrected chi connectivity index (χ0v) is 12.0. The molecule has 0 spiro atoms. The number of amides is 1. The van der Waals surface area contributed by atoms with Gasteiger partial charge in [0.05, 0.1) is 22.4 Å². The van der Waals surface area contributed by atoms with Gasteiger partial charge < -0.3 is 15.4 Å². The molecule has 0 bridgehead atoms. The molecule has 1 aliphatic heterocycles. The molecule has 6 heteroatoms. The van der Waals surface area contributed by atoms with Crippen molar-refractivity contribution in [3.8, 4) is 0 Å². The van der Waals surface area contributed by atoms with Crippen molar-refractivity contribution in [2.75, 3.05) is 20.2 Å². The van der Waals surface area contributed by atoms with Crippen molar-refractivity contribution < 1.29 is 9.53 Å². The molecule has 3 atom stereocenters. The molecule has 0 radical (unpaired) electrons. The molecule has 1 aromatic heterocycles. The topological polar surface area (TPSA) is 50.4 Å². The van der Waals surface area contributed by atoms with Gasteiger partial charge in [-0.15, -0.1) is 11.3 Å². The van der Waals surface area contributed by atoms with Crippen molar-refractivity contribution in [1.29, 1.82) is 0 Å². The van der Waals surface area contributed by atoms with Crippen LogP contribution in [0.5, 0.6) is 0 Å². The van der Waals surface area contributed by atoms with Crippen LogP contribution in [0.25, 0.3) is 0 Å². The van der Waals surface area contributed by atoms with Crippen molar-refractivity contribution in [3.63, 3.8) is 0 Å². The summed E-state index contributed by atoms with van der Waals surface area (Å²) in [4.78, 5) is 13.1. The summed E-state index contributed by atoms with van der Waals surface area (Å²) in [6, 6.07) is 3.76. The fourth-order valence-corrected chi connectivity index (χ4v) is 3.16. The van der Waals surface area contributed by atoms with E-state index in [0.717, 1.165) is 18.0 Å². The SMILES string of the molecule is CO[C@H]1CNC[C@H]1NC(=O)[C@@H](C)c1ccc(Cl)s1. The maximum absolute atomic E-state index is 12.1. The number of methoxy groups -OCH3 is 1. The number of rotatable bonds is 4. The monoisotopic (exact) mass is 288 g/mol. The summed E-state index contributed by atoms with van der Waals surface area (Å²) in [5.41, 5.74) is 0. The minimum Gasteiger partial charge on any atom is -0.378 e. The second-order valence-corrected chi connectivity index (χ2v) is 6.16. The van der Waals surface area contributed by atoms with E-state index < -0.39 is 0 Å². The first-order chi connectivity index (χ1) is 8.61. The van der Waals surface area contributed by atoms with E-state index in [0.29, 0.717) is 4.34 Å². The lowest BCUT2D eigenvalue weighted by Gasteiger charge is -2.20. The first kappa shape index (κ1) is 13.8. The van der Waals surface area contributed by atoms with E-state index in [4.69, 9.17) is 16.3 Å². The smallest absolute Gasteiger partial charge is 0.228 e. The van der Waals surface area contributed by atoms with Gasteiger partial charge in [-0.2, -0.15) is 0 Å². The second-order valence-electron chi connectivity index (χ2n) is 4.41. The molecule has 4 nitrogen and oxygen atoms in total. The van der Waals surface area contributed by atoms with Gasteiger partial charge in [-0.05, 0) is 19.1 Å². The van der Waals surface area contributed by atoms with E-state index in [1.807, 2.05) is 19.1 Å². The molecule has 1 aromatic rings. The minimum absolute atomic E-state index is 0.0178. The summed E-state index contributed by atoms with van der Waals surface area (Å²) >= 11 is 7.33. The lowest BCUT2D eigenvalue weighted by atomic mass is 10.1. The Morgan fingerprint density at radius 3 is 3.00 bits per heavy atom. The summed E-state index contributed by atoms with van der Waals surface area (Å²) in [5.74, 6) is -0.162. The van der Waals surface area contributed by atoms with Gasteiger partial charge in [-0.25, -0.2) is 0 Å². The summed E-state index contributed by atoms with van der Waals surface area (Å²) in [7, 11) is 1.67. The van der Waals surface area contributed by atoms with Crippen molar-refractivity contribution in [2.24, 2.45) is 0 Å². The summed E-state index contributed by atoms with van der Waals surface area (Å²) in [5, 5.41) is 6.23. The highest BCUT2D eigenvalue weighted by Gasteiger charge is 2.29. The third-order valence-corrected chi connectivity index (χ3v) is 4.62. The fraction of sp³-hybridized carbons (Fsp3) is 0.583. The van der Waals surface area contributed by atoms with Crippen LogP contribution in [0.15, 0.2) is 12.1 Å². The Bertz CT molecular complexity index is 424. The number of ether oxygens (including phenoxy) is 1. The van der Waals surface area contributed by atoms with Crippen LogP contribution in [0.3, 0.4) is 0 Å². The quantitative estimate of drug-likeness (QED) is 0.885. The van der Waals surface area contributed by atoms with Crippen LogP contribution in [0.1, 0.15) is 17.7 Å². The van der Waals surface area contributed by atoms with Gasteiger partial charge in [0.25, 0.3) is 0 Å². The molecule has 100 valence electrons. The van der Waals surface area contributed by atoms with Crippen LogP contribution < -0.4 is 10.6 Å². The standard InChI is InChI=1S/C12H17ClN2O2S/c1-7(10-3-4-11(13)18-10)12(16)15-8-5-14-6-9(8)17-2/h3-4,7-9,14H,5-6H2,1-2H3,(H,15,16)/t7-,8+,9-/m0/s1. The van der Waals surface area contributed by atoms with Gasteiger partial charge in [-0.1, -0.05) is 11.6 Å². The Morgan fingerprint density at radius 2 is 2.39 bits per heavy atom. The Hall–Kier alpha value is -0.620. The van der Waals surface area contributed by atoms with Crippen molar-refractivity contribution in [1.82, 2.24) is 10.6 Å². The molecular formula is C12H17ClN2O2S. The van der Waals surface area contributed by atoms with E-state index in [2.05, 4.69) is 10.6 Å². The van der Waals surface area contributed by atoms with Gasteiger partial charge in [0.2, 0.25) is 5.91 Å². The van der Waals surface area contributed by atoms with Gasteiger partial charge >= 0.3 is 0 Å². The van der Waals surface area contributed by atoms with Gasteiger partial charge in [-0.3, -0.25) is 4.79 Å². The molecule has 0 aromatic carbocycles. The Labute approximate surface area is 116 Å². The third-order valence-electron chi connectivity index (χ3n) is 3.20. The average molecular weight is 289 g/mol.